The molecule has 0 atom stereocenters. The lowest BCUT2D eigenvalue weighted by Gasteiger charge is -2.06. The van der Waals surface area contributed by atoms with Crippen molar-refractivity contribution >= 4 is 17.9 Å². The Kier molecular flexibility index (Phi) is 7.42. The fourth-order valence-electron chi connectivity index (χ4n) is 2.80. The van der Waals surface area contributed by atoms with Crippen LogP contribution in [0.1, 0.15) is 45.8 Å². The average molecular weight is 394 g/mol. The quantitative estimate of drug-likeness (QED) is 0.271. The van der Waals surface area contributed by atoms with Crippen LogP contribution in [-0.4, -0.2) is 22.2 Å². The van der Waals surface area contributed by atoms with Gasteiger partial charge in [-0.1, -0.05) is 44.2 Å². The number of aromatic nitrogens is 1. The maximum absolute atomic E-state index is 12.5. The number of nitro benzene ring substituents is 1. The monoisotopic (exact) mass is 394 g/mol. The third-order valence-corrected chi connectivity index (χ3v) is 4.18. The van der Waals surface area contributed by atoms with Gasteiger partial charge < -0.3 is 9.72 Å². The van der Waals surface area contributed by atoms with E-state index in [1.165, 1.54) is 12.1 Å². The third-order valence-electron chi connectivity index (χ3n) is 4.18. The zero-order chi connectivity index (χ0) is 21.4. The van der Waals surface area contributed by atoms with E-state index < -0.39 is 10.9 Å². The molecule has 0 unspecified atom stereocenters. The molecule has 0 aliphatic heterocycles. The van der Waals surface area contributed by atoms with E-state index in [1.807, 2.05) is 44.2 Å². The number of nitrogens with one attached hydrogen (secondary N) is 1. The van der Waals surface area contributed by atoms with Crippen LogP contribution < -0.4 is 0 Å². The summed E-state index contributed by atoms with van der Waals surface area (Å²) in [6.45, 7) is 5.79. The molecule has 7 nitrogen and oxygen atoms in total. The summed E-state index contributed by atoms with van der Waals surface area (Å²) in [7, 11) is 0. The first-order chi connectivity index (χ1) is 14.0. The van der Waals surface area contributed by atoms with E-state index in [1.54, 1.807) is 19.1 Å². The number of aldehydes is 1. The Hall–Kier alpha value is -3.74. The van der Waals surface area contributed by atoms with Crippen molar-refractivity contribution in [2.24, 2.45) is 0 Å². The summed E-state index contributed by atoms with van der Waals surface area (Å²) in [5, 5.41) is 10.8. The molecule has 1 N–H and O–H groups in total. The van der Waals surface area contributed by atoms with Crippen LogP contribution in [0.2, 0.25) is 0 Å². The number of hydrogen-bond acceptors (Lipinski definition) is 5. The first-order valence-electron chi connectivity index (χ1n) is 9.15. The van der Waals surface area contributed by atoms with Crippen LogP contribution in [0.4, 0.5) is 5.69 Å². The lowest BCUT2D eigenvalue weighted by molar-refractivity contribution is -0.384. The second kappa shape index (κ2) is 9.98. The number of ether oxygens (including phenoxy) is 1. The largest absolute Gasteiger partial charge is 0.457 e. The Morgan fingerprint density at radius 1 is 1.10 bits per heavy atom. The van der Waals surface area contributed by atoms with E-state index in [-0.39, 0.29) is 23.6 Å². The molecule has 3 rings (SSSR count). The summed E-state index contributed by atoms with van der Waals surface area (Å²) < 4.78 is 5.33. The first-order valence-corrected chi connectivity index (χ1v) is 9.15. The summed E-state index contributed by atoms with van der Waals surface area (Å²) >= 11 is 0. The molecule has 0 aliphatic carbocycles. The van der Waals surface area contributed by atoms with E-state index >= 15 is 0 Å². The maximum Gasteiger partial charge on any atom is 0.341 e. The Morgan fingerprint density at radius 3 is 2.28 bits per heavy atom. The van der Waals surface area contributed by atoms with Crippen molar-refractivity contribution in [3.8, 4) is 11.3 Å². The maximum atomic E-state index is 12.5. The van der Waals surface area contributed by atoms with E-state index in [4.69, 9.17) is 4.74 Å². The number of non-ortho nitro benzene ring substituents is 1. The van der Waals surface area contributed by atoms with Gasteiger partial charge in [0, 0.05) is 17.8 Å². The molecule has 1 aromatic heterocycles. The van der Waals surface area contributed by atoms with Crippen LogP contribution in [-0.2, 0) is 11.3 Å². The van der Waals surface area contributed by atoms with Crippen LogP contribution in [0.3, 0.4) is 0 Å². The minimum absolute atomic E-state index is 0.0407. The molecule has 1 heterocycles. The third kappa shape index (κ3) is 4.95. The molecule has 0 bridgehead atoms. The minimum Gasteiger partial charge on any atom is -0.457 e. The number of carbonyl (C=O) groups is 2. The molecule has 0 saturated heterocycles. The van der Waals surface area contributed by atoms with Gasteiger partial charge in [-0.05, 0) is 35.7 Å². The predicted octanol–water partition coefficient (Wildman–Crippen LogP) is 5.09. The van der Waals surface area contributed by atoms with Crippen LogP contribution in [0.15, 0.2) is 54.6 Å². The molecular formula is C22H22N2O5. The summed E-state index contributed by atoms with van der Waals surface area (Å²) in [4.78, 5) is 37.1. The number of aromatic amines is 1. The van der Waals surface area contributed by atoms with Gasteiger partial charge in [-0.25, -0.2) is 4.79 Å². The highest BCUT2D eigenvalue weighted by atomic mass is 16.6. The van der Waals surface area contributed by atoms with Crippen molar-refractivity contribution < 1.29 is 19.2 Å². The van der Waals surface area contributed by atoms with Gasteiger partial charge in [0.2, 0.25) is 0 Å². The molecular weight excluding hydrogens is 372 g/mol. The van der Waals surface area contributed by atoms with Crippen molar-refractivity contribution in [2.45, 2.75) is 27.4 Å². The van der Waals surface area contributed by atoms with Gasteiger partial charge in [0.1, 0.15) is 6.61 Å². The second-order valence-electron chi connectivity index (χ2n) is 5.90. The molecule has 0 radical (unpaired) electrons. The number of rotatable bonds is 6. The van der Waals surface area contributed by atoms with Crippen molar-refractivity contribution in [1.29, 1.82) is 0 Å². The molecule has 150 valence electrons. The van der Waals surface area contributed by atoms with E-state index in [0.717, 1.165) is 5.56 Å². The van der Waals surface area contributed by atoms with Gasteiger partial charge in [0.05, 0.1) is 16.2 Å². The van der Waals surface area contributed by atoms with Gasteiger partial charge in [-0.2, -0.15) is 0 Å². The fraction of sp³-hybridized carbons (Fsp3) is 0.182. The summed E-state index contributed by atoms with van der Waals surface area (Å²) in [5.74, 6) is -0.608. The lowest BCUT2D eigenvalue weighted by atomic mass is 10.0. The fourth-order valence-corrected chi connectivity index (χ4v) is 2.80. The Labute approximate surface area is 168 Å². The van der Waals surface area contributed by atoms with Crippen LogP contribution in [0.5, 0.6) is 0 Å². The Balaban J connectivity index is 0.00000145. The normalized spacial score (nSPS) is 9.90. The van der Waals surface area contributed by atoms with Gasteiger partial charge >= 0.3 is 5.97 Å². The van der Waals surface area contributed by atoms with Gasteiger partial charge in [-0.15, -0.1) is 0 Å². The number of nitro groups is 1. The number of H-pyrrole nitrogens is 1. The Morgan fingerprint density at radius 2 is 1.72 bits per heavy atom. The second-order valence-corrected chi connectivity index (χ2v) is 5.90. The molecule has 0 amide bonds. The number of esters is 1. The van der Waals surface area contributed by atoms with Crippen LogP contribution >= 0.6 is 0 Å². The molecule has 29 heavy (non-hydrogen) atoms. The minimum atomic E-state index is -0.608. The molecule has 7 heteroatoms. The van der Waals surface area contributed by atoms with Crippen LogP contribution in [0, 0.1) is 17.0 Å². The summed E-state index contributed by atoms with van der Waals surface area (Å²) in [5.41, 5.74) is 2.78. The van der Waals surface area contributed by atoms with Gasteiger partial charge in [-0.3, -0.25) is 14.9 Å². The number of benzene rings is 2. The molecule has 3 aromatic rings. The van der Waals surface area contributed by atoms with E-state index in [2.05, 4.69) is 4.98 Å². The molecule has 2 aromatic carbocycles. The average Bonchev–Trinajstić information content (AvgIpc) is 3.10. The number of carbonyl (C=O) groups excluding carboxylic acids is 2. The topological polar surface area (TPSA) is 102 Å². The molecule has 0 spiro atoms. The molecule has 0 fully saturated rings. The Bertz CT molecular complexity index is 992. The first kappa shape index (κ1) is 21.6. The van der Waals surface area contributed by atoms with Crippen molar-refractivity contribution in [3.05, 3.63) is 87.1 Å². The predicted molar refractivity (Wildman–Crippen MR) is 110 cm³/mol. The summed E-state index contributed by atoms with van der Waals surface area (Å²) in [6.07, 6.45) is 0.557. The highest BCUT2D eigenvalue weighted by Gasteiger charge is 2.22. The van der Waals surface area contributed by atoms with Crippen LogP contribution in [0.25, 0.3) is 11.3 Å². The standard InChI is InChI=1S/C20H16N2O5.C2H6/c1-13-18(20(24)27-12-14-5-3-2-4-6-14)17(11-23)21-19(13)15-7-9-16(10-8-15)22(25)26;1-2/h2-11,21H,12H2,1H3;1-2H3. The number of hydrogen-bond donors (Lipinski definition) is 1. The zero-order valence-electron chi connectivity index (χ0n) is 16.5. The highest BCUT2D eigenvalue weighted by Crippen LogP contribution is 2.29. The van der Waals surface area contributed by atoms with Gasteiger partial charge in [0.25, 0.3) is 5.69 Å². The van der Waals surface area contributed by atoms with E-state index in [0.29, 0.717) is 23.1 Å². The smallest absolute Gasteiger partial charge is 0.341 e. The summed E-state index contributed by atoms with van der Waals surface area (Å²) in [6, 6.07) is 15.1. The highest BCUT2D eigenvalue weighted by molar-refractivity contribution is 6.01. The van der Waals surface area contributed by atoms with Crippen molar-refractivity contribution in [3.63, 3.8) is 0 Å². The van der Waals surface area contributed by atoms with E-state index in [9.17, 15) is 19.7 Å². The van der Waals surface area contributed by atoms with Crippen molar-refractivity contribution in [2.75, 3.05) is 0 Å². The lowest BCUT2D eigenvalue weighted by Crippen LogP contribution is -2.08. The van der Waals surface area contributed by atoms with Crippen molar-refractivity contribution in [1.82, 2.24) is 4.98 Å². The number of nitrogens with zero attached hydrogens (tertiary/aromatic N) is 1. The molecule has 0 saturated carbocycles. The zero-order valence-corrected chi connectivity index (χ0v) is 16.5. The SMILES string of the molecule is CC.Cc1c(-c2ccc([N+](=O)[O-])cc2)[nH]c(C=O)c1C(=O)OCc1ccccc1. The van der Waals surface area contributed by atoms with Gasteiger partial charge in [0.15, 0.2) is 6.29 Å². The molecule has 0 aliphatic rings.